The molecule has 0 aliphatic carbocycles. The Morgan fingerprint density at radius 1 is 1.29 bits per heavy atom. The fraction of sp³-hybridized carbons (Fsp3) is 0.476. The smallest absolute Gasteiger partial charge is 0.374 e. The highest BCUT2D eigenvalue weighted by Gasteiger charge is 2.57. The summed E-state index contributed by atoms with van der Waals surface area (Å²) < 4.78 is 70.6. The molecule has 0 bridgehead atoms. The highest BCUT2D eigenvalue weighted by molar-refractivity contribution is 7.90. The van der Waals surface area contributed by atoms with Crippen LogP contribution in [0.2, 0.25) is 0 Å². The Morgan fingerprint density at radius 3 is 2.71 bits per heavy atom. The molecule has 2 aliphatic rings. The van der Waals surface area contributed by atoms with E-state index >= 15 is 0 Å². The SMILES string of the molecule is Cn1ccnc1C(O)(CCNC(=O)C1CCCN(C2=NS(=O)(=O)c3ccccc32)C1)C(F)(F)F. The Hall–Kier alpha value is -2.93. The van der Waals surface area contributed by atoms with Crippen molar-refractivity contribution in [2.75, 3.05) is 19.6 Å². The average molecular weight is 500 g/mol. The van der Waals surface area contributed by atoms with Crippen molar-refractivity contribution >= 4 is 21.8 Å². The zero-order chi connectivity index (χ0) is 24.7. The van der Waals surface area contributed by atoms with Crippen LogP contribution < -0.4 is 5.32 Å². The van der Waals surface area contributed by atoms with Crippen molar-refractivity contribution in [1.82, 2.24) is 19.8 Å². The van der Waals surface area contributed by atoms with Gasteiger partial charge in [0.2, 0.25) is 11.5 Å². The molecule has 1 amide bonds. The number of likely N-dealkylation sites (tertiary alicyclic amines) is 1. The van der Waals surface area contributed by atoms with Crippen molar-refractivity contribution in [2.45, 2.75) is 35.9 Å². The summed E-state index contributed by atoms with van der Waals surface area (Å²) in [5, 5.41) is 12.9. The summed E-state index contributed by atoms with van der Waals surface area (Å²) in [4.78, 5) is 18.2. The lowest BCUT2D eigenvalue weighted by Crippen LogP contribution is -2.48. The number of benzene rings is 1. The van der Waals surface area contributed by atoms with E-state index < -0.39 is 52.4 Å². The minimum atomic E-state index is -4.99. The number of hydrogen-bond acceptors (Lipinski definition) is 6. The van der Waals surface area contributed by atoms with E-state index in [0.29, 0.717) is 24.9 Å². The first-order chi connectivity index (χ1) is 15.9. The number of hydrogen-bond donors (Lipinski definition) is 2. The van der Waals surface area contributed by atoms with Crippen LogP contribution in [0.25, 0.3) is 0 Å². The number of fused-ring (bicyclic) bond motifs is 1. The van der Waals surface area contributed by atoms with Crippen LogP contribution in [-0.4, -0.2) is 65.5 Å². The third kappa shape index (κ3) is 4.29. The molecule has 2 N–H and O–H groups in total. The van der Waals surface area contributed by atoms with E-state index in [-0.39, 0.29) is 17.3 Å². The van der Waals surface area contributed by atoms with Crippen LogP contribution in [-0.2, 0) is 27.5 Å². The number of rotatable bonds is 5. The number of carbonyl (C=O) groups excluding carboxylic acids is 1. The van der Waals surface area contributed by atoms with Crippen molar-refractivity contribution in [1.29, 1.82) is 0 Å². The van der Waals surface area contributed by atoms with Gasteiger partial charge in [0.1, 0.15) is 10.7 Å². The number of piperidine rings is 1. The molecule has 0 radical (unpaired) electrons. The van der Waals surface area contributed by atoms with Gasteiger partial charge in [-0.1, -0.05) is 12.1 Å². The van der Waals surface area contributed by atoms with E-state index in [1.165, 1.54) is 19.3 Å². The van der Waals surface area contributed by atoms with Gasteiger partial charge in [0.15, 0.2) is 5.84 Å². The number of aliphatic hydroxyl groups is 1. The average Bonchev–Trinajstić information content (AvgIpc) is 3.34. The Balaban J connectivity index is 1.42. The van der Waals surface area contributed by atoms with E-state index in [2.05, 4.69) is 14.7 Å². The van der Waals surface area contributed by atoms with Crippen LogP contribution in [0, 0.1) is 5.92 Å². The maximum Gasteiger partial charge on any atom is 0.424 e. The van der Waals surface area contributed by atoms with Gasteiger partial charge in [-0.15, -0.1) is 4.40 Å². The zero-order valence-electron chi connectivity index (χ0n) is 18.3. The second-order valence-corrected chi connectivity index (χ2v) is 10.0. The molecule has 0 saturated carbocycles. The first kappa shape index (κ1) is 24.2. The number of aryl methyl sites for hydroxylation is 1. The zero-order valence-corrected chi connectivity index (χ0v) is 19.1. The third-order valence-corrected chi connectivity index (χ3v) is 7.48. The van der Waals surface area contributed by atoms with Crippen LogP contribution in [0.4, 0.5) is 13.2 Å². The third-order valence-electron chi connectivity index (χ3n) is 6.15. The Bertz CT molecular complexity index is 1230. The first-order valence-electron chi connectivity index (χ1n) is 10.7. The molecule has 3 heterocycles. The van der Waals surface area contributed by atoms with Crippen LogP contribution in [0.15, 0.2) is 46.0 Å². The van der Waals surface area contributed by atoms with Crippen molar-refractivity contribution in [3.63, 3.8) is 0 Å². The van der Waals surface area contributed by atoms with Crippen LogP contribution in [0.3, 0.4) is 0 Å². The molecule has 1 aromatic carbocycles. The molecule has 2 unspecified atom stereocenters. The van der Waals surface area contributed by atoms with E-state index in [1.807, 2.05) is 0 Å². The minimum absolute atomic E-state index is 0.109. The summed E-state index contributed by atoms with van der Waals surface area (Å²) in [7, 11) is -2.46. The number of carbonyl (C=O) groups is 1. The molecule has 184 valence electrons. The van der Waals surface area contributed by atoms with Crippen LogP contribution in [0.5, 0.6) is 0 Å². The van der Waals surface area contributed by atoms with E-state index in [4.69, 9.17) is 0 Å². The summed E-state index contributed by atoms with van der Waals surface area (Å²) in [6.07, 6.45) is -2.26. The van der Waals surface area contributed by atoms with E-state index in [1.54, 1.807) is 23.1 Å². The number of amides is 1. The van der Waals surface area contributed by atoms with Gasteiger partial charge in [-0.3, -0.25) is 4.79 Å². The topological polar surface area (TPSA) is 117 Å². The molecule has 0 spiro atoms. The Labute approximate surface area is 194 Å². The van der Waals surface area contributed by atoms with Crippen molar-refractivity contribution < 1.29 is 31.5 Å². The van der Waals surface area contributed by atoms with Gasteiger partial charge in [-0.05, 0) is 25.0 Å². The number of aromatic nitrogens is 2. The lowest BCUT2D eigenvalue weighted by atomic mass is 9.95. The quantitative estimate of drug-likeness (QED) is 0.645. The molecule has 1 fully saturated rings. The number of sulfonamides is 1. The van der Waals surface area contributed by atoms with Gasteiger partial charge in [0.25, 0.3) is 10.0 Å². The molecule has 2 atom stereocenters. The number of nitrogens with one attached hydrogen (secondary N) is 1. The van der Waals surface area contributed by atoms with Gasteiger partial charge in [0, 0.05) is 51.1 Å². The molecule has 2 aromatic rings. The number of alkyl halides is 3. The largest absolute Gasteiger partial charge is 0.424 e. The second kappa shape index (κ2) is 8.69. The number of amidine groups is 1. The van der Waals surface area contributed by atoms with Crippen LogP contribution >= 0.6 is 0 Å². The fourth-order valence-corrected chi connectivity index (χ4v) is 5.58. The van der Waals surface area contributed by atoms with Crippen molar-refractivity contribution in [2.24, 2.45) is 17.4 Å². The van der Waals surface area contributed by atoms with E-state index in [0.717, 1.165) is 10.8 Å². The minimum Gasteiger partial charge on any atom is -0.374 e. The summed E-state index contributed by atoms with van der Waals surface area (Å²) in [6, 6.07) is 6.43. The molecule has 13 heteroatoms. The highest BCUT2D eigenvalue weighted by Crippen LogP contribution is 2.40. The molecular weight excluding hydrogens is 475 g/mol. The van der Waals surface area contributed by atoms with Crippen molar-refractivity contribution in [3.05, 3.63) is 48.0 Å². The summed E-state index contributed by atoms with van der Waals surface area (Å²) in [5.74, 6) is -1.32. The van der Waals surface area contributed by atoms with Gasteiger partial charge in [0.05, 0.1) is 5.92 Å². The highest BCUT2D eigenvalue weighted by atomic mass is 32.2. The molecule has 2 aliphatic heterocycles. The van der Waals surface area contributed by atoms with Gasteiger partial charge in [-0.25, -0.2) is 4.98 Å². The maximum atomic E-state index is 13.6. The van der Waals surface area contributed by atoms with Crippen molar-refractivity contribution in [3.8, 4) is 0 Å². The molecular formula is C21H24F3N5O4S. The first-order valence-corrected chi connectivity index (χ1v) is 12.1. The molecule has 34 heavy (non-hydrogen) atoms. The van der Waals surface area contributed by atoms with Gasteiger partial charge < -0.3 is 19.9 Å². The predicted molar refractivity (Wildman–Crippen MR) is 115 cm³/mol. The monoisotopic (exact) mass is 499 g/mol. The number of imidazole rings is 1. The number of nitrogens with zero attached hydrogens (tertiary/aromatic N) is 4. The lowest BCUT2D eigenvalue weighted by molar-refractivity contribution is -0.272. The summed E-state index contributed by atoms with van der Waals surface area (Å²) in [6.45, 7) is 0.257. The molecule has 9 nitrogen and oxygen atoms in total. The Kier molecular flexibility index (Phi) is 6.19. The molecule has 4 rings (SSSR count). The fourth-order valence-electron chi connectivity index (χ4n) is 4.36. The maximum absolute atomic E-state index is 13.6. The summed E-state index contributed by atoms with van der Waals surface area (Å²) in [5.41, 5.74) is -2.75. The molecule has 1 aromatic heterocycles. The van der Waals surface area contributed by atoms with Gasteiger partial charge in [-0.2, -0.15) is 21.6 Å². The van der Waals surface area contributed by atoms with Crippen LogP contribution in [0.1, 0.15) is 30.7 Å². The standard InChI is InChI=1S/C21H24F3N5O4S/c1-28-12-10-26-19(28)20(31,21(22,23)24)8-9-25-18(30)14-5-4-11-29(13-14)17-15-6-2-3-7-16(15)34(32,33)27-17/h2-3,6-7,10,12,14,31H,4-5,8-9,11,13H2,1H3,(H,25,30). The molecule has 1 saturated heterocycles. The predicted octanol–water partition coefficient (Wildman–Crippen LogP) is 1.54. The number of halogens is 3. The summed E-state index contributed by atoms with van der Waals surface area (Å²) >= 11 is 0. The van der Waals surface area contributed by atoms with Gasteiger partial charge >= 0.3 is 6.18 Å². The lowest BCUT2D eigenvalue weighted by Gasteiger charge is -2.34. The Morgan fingerprint density at radius 2 is 2.03 bits per heavy atom. The normalized spacial score (nSPS) is 21.5. The second-order valence-electron chi connectivity index (χ2n) is 8.43. The van der Waals surface area contributed by atoms with E-state index in [9.17, 15) is 31.5 Å².